The van der Waals surface area contributed by atoms with Gasteiger partial charge in [-0.15, -0.1) is 0 Å². The second kappa shape index (κ2) is 7.40. The van der Waals surface area contributed by atoms with E-state index in [4.69, 9.17) is 9.47 Å². The monoisotopic (exact) mass is 303 g/mol. The van der Waals surface area contributed by atoms with Crippen LogP contribution in [0.2, 0.25) is 0 Å². The highest BCUT2D eigenvalue weighted by Gasteiger charge is 2.12. The first kappa shape index (κ1) is 15.8. The van der Waals surface area contributed by atoms with Crippen LogP contribution in [-0.4, -0.2) is 29.7 Å². The quantitative estimate of drug-likeness (QED) is 0.598. The maximum atomic E-state index is 11.4. The molecule has 1 heterocycles. The lowest BCUT2D eigenvalue weighted by Gasteiger charge is -2.09. The van der Waals surface area contributed by atoms with E-state index in [-0.39, 0.29) is 12.5 Å². The van der Waals surface area contributed by atoms with Gasteiger partial charge in [0.2, 0.25) is 0 Å². The molecule has 0 amide bonds. The van der Waals surface area contributed by atoms with Crippen molar-refractivity contribution in [1.29, 1.82) is 0 Å². The third kappa shape index (κ3) is 4.18. The summed E-state index contributed by atoms with van der Waals surface area (Å²) >= 11 is 0. The zero-order chi connectivity index (χ0) is 15.9. The van der Waals surface area contributed by atoms with Crippen LogP contribution >= 0.6 is 0 Å². The Morgan fingerprint density at radius 1 is 1.27 bits per heavy atom. The lowest BCUT2D eigenvalue weighted by Crippen LogP contribution is -2.32. The number of nitrogens with zero attached hydrogens (tertiary/aromatic N) is 2. The van der Waals surface area contributed by atoms with Crippen molar-refractivity contribution in [2.75, 3.05) is 13.2 Å². The smallest absolute Gasteiger partial charge is 0.344 e. The van der Waals surface area contributed by atoms with E-state index in [9.17, 15) is 9.59 Å². The molecule has 0 aliphatic heterocycles. The summed E-state index contributed by atoms with van der Waals surface area (Å²) in [6.45, 7) is 4.00. The molecular weight excluding hydrogens is 284 g/mol. The van der Waals surface area contributed by atoms with Crippen molar-refractivity contribution in [3.8, 4) is 5.75 Å². The molecule has 0 bridgehead atoms. The lowest BCUT2D eigenvalue weighted by atomic mass is 10.2. The molecule has 0 N–H and O–H groups in total. The Morgan fingerprint density at radius 3 is 2.73 bits per heavy atom. The summed E-state index contributed by atoms with van der Waals surface area (Å²) < 4.78 is 13.7. The minimum atomic E-state index is -0.396. The summed E-state index contributed by atoms with van der Waals surface area (Å²) in [6.07, 6.45) is 5.22. The number of para-hydroxylation sites is 1. The predicted molar refractivity (Wildman–Crippen MR) is 78.6 cm³/mol. The number of aromatic nitrogens is 2. The first-order valence-corrected chi connectivity index (χ1v) is 7.04. The van der Waals surface area contributed by atoms with Crippen LogP contribution in [0.4, 0.5) is 0 Å². The van der Waals surface area contributed by atoms with Crippen LogP contribution in [0.25, 0.3) is 0 Å². The maximum Gasteiger partial charge on any atom is 0.344 e. The fraction of sp³-hybridized carbons (Fsp3) is 0.312. The number of ether oxygens (including phenoxy) is 2. The van der Waals surface area contributed by atoms with E-state index in [2.05, 4.69) is 0 Å². The van der Waals surface area contributed by atoms with Gasteiger partial charge in [0, 0.05) is 12.5 Å². The fourth-order valence-electron chi connectivity index (χ4n) is 1.99. The zero-order valence-electron chi connectivity index (χ0n) is 12.7. The van der Waals surface area contributed by atoms with Crippen molar-refractivity contribution in [1.82, 2.24) is 4.57 Å². The van der Waals surface area contributed by atoms with E-state index in [0.29, 0.717) is 18.9 Å². The van der Waals surface area contributed by atoms with Gasteiger partial charge < -0.3 is 9.47 Å². The van der Waals surface area contributed by atoms with Gasteiger partial charge in [0.25, 0.3) is 6.33 Å². The van der Waals surface area contributed by atoms with E-state index in [1.54, 1.807) is 25.5 Å². The molecule has 0 aliphatic carbocycles. The Hall–Kier alpha value is -2.63. The van der Waals surface area contributed by atoms with Crippen LogP contribution in [0.15, 0.2) is 43.0 Å². The van der Waals surface area contributed by atoms with Gasteiger partial charge in [-0.3, -0.25) is 0 Å². The van der Waals surface area contributed by atoms with Crippen molar-refractivity contribution in [3.05, 3.63) is 48.5 Å². The second-order valence-corrected chi connectivity index (χ2v) is 4.71. The molecule has 1 aromatic heterocycles. The van der Waals surface area contributed by atoms with Crippen LogP contribution in [-0.2, 0) is 16.1 Å². The molecule has 0 fully saturated rings. The molecule has 6 heteroatoms. The number of benzene rings is 1. The molecule has 22 heavy (non-hydrogen) atoms. The van der Waals surface area contributed by atoms with Gasteiger partial charge in [0.05, 0.1) is 6.61 Å². The Morgan fingerprint density at radius 2 is 2.05 bits per heavy atom. The van der Waals surface area contributed by atoms with E-state index >= 15 is 0 Å². The summed E-state index contributed by atoms with van der Waals surface area (Å²) in [5, 5.41) is 0. The number of imidazole rings is 1. The van der Waals surface area contributed by atoms with Gasteiger partial charge in [-0.1, -0.05) is 18.2 Å². The number of hydrogen-bond acceptors (Lipinski definition) is 4. The molecule has 0 spiro atoms. The molecule has 2 aromatic rings. The van der Waals surface area contributed by atoms with E-state index in [0.717, 1.165) is 5.56 Å². The van der Waals surface area contributed by atoms with Gasteiger partial charge in [0.1, 0.15) is 24.7 Å². The van der Waals surface area contributed by atoms with Gasteiger partial charge in [0.15, 0.2) is 6.61 Å². The summed E-state index contributed by atoms with van der Waals surface area (Å²) in [5.74, 6) is 0.178. The maximum absolute atomic E-state index is 11.4. The third-order valence-electron chi connectivity index (χ3n) is 3.03. The van der Waals surface area contributed by atoms with Crippen molar-refractivity contribution in [3.63, 3.8) is 0 Å². The van der Waals surface area contributed by atoms with Crippen molar-refractivity contribution in [2.45, 2.75) is 20.4 Å². The number of carbonyl (C=O) groups is 2. The largest absolute Gasteiger partial charge is 0.481 e. The standard InChI is InChI=1S/C16H19N2O4/c1-3-21-16(20)11-22-15-7-5-4-6-14(15)10-17-8-9-18(12-17)13(2)19/h4-9,12H,3,10-11H2,1-2H3/q+1. The SMILES string of the molecule is CCOC(=O)COc1ccccc1C[n+]1ccn(C(C)=O)c1. The van der Waals surface area contributed by atoms with Gasteiger partial charge in [-0.05, 0) is 13.0 Å². The van der Waals surface area contributed by atoms with Gasteiger partial charge >= 0.3 is 11.9 Å². The molecule has 0 atom stereocenters. The van der Waals surface area contributed by atoms with E-state index in [1.807, 2.05) is 29.0 Å². The number of hydrogen-bond donors (Lipinski definition) is 0. The van der Waals surface area contributed by atoms with Gasteiger partial charge in [-0.25, -0.2) is 14.2 Å². The van der Waals surface area contributed by atoms with E-state index < -0.39 is 5.97 Å². The zero-order valence-corrected chi connectivity index (χ0v) is 12.7. The van der Waals surface area contributed by atoms with Gasteiger partial charge in [-0.2, -0.15) is 4.57 Å². The van der Waals surface area contributed by atoms with Crippen LogP contribution in [0.5, 0.6) is 5.75 Å². The first-order chi connectivity index (χ1) is 10.6. The highest BCUT2D eigenvalue weighted by atomic mass is 16.6. The van der Waals surface area contributed by atoms with Crippen molar-refractivity contribution >= 4 is 11.9 Å². The summed E-state index contributed by atoms with van der Waals surface area (Å²) in [7, 11) is 0. The van der Waals surface area contributed by atoms with Crippen LogP contribution in [0, 0.1) is 0 Å². The minimum absolute atomic E-state index is 0.0504. The predicted octanol–water partition coefficient (Wildman–Crippen LogP) is 1.43. The molecule has 0 aliphatic rings. The molecular formula is C16H19N2O4+. The minimum Gasteiger partial charge on any atom is -0.481 e. The Labute approximate surface area is 128 Å². The van der Waals surface area contributed by atoms with Crippen LogP contribution in [0.1, 0.15) is 24.2 Å². The molecule has 0 unspecified atom stereocenters. The highest BCUT2D eigenvalue weighted by molar-refractivity contribution is 5.75. The van der Waals surface area contributed by atoms with Crippen LogP contribution in [0.3, 0.4) is 0 Å². The Balaban J connectivity index is 2.07. The molecule has 0 saturated heterocycles. The summed E-state index contributed by atoms with van der Waals surface area (Å²) in [4.78, 5) is 22.7. The average Bonchev–Trinajstić information content (AvgIpc) is 2.95. The average molecular weight is 303 g/mol. The first-order valence-electron chi connectivity index (χ1n) is 7.04. The molecule has 2 rings (SSSR count). The molecule has 6 nitrogen and oxygen atoms in total. The molecule has 0 saturated carbocycles. The van der Waals surface area contributed by atoms with Crippen molar-refractivity contribution in [2.24, 2.45) is 0 Å². The van der Waals surface area contributed by atoms with Crippen LogP contribution < -0.4 is 9.30 Å². The summed E-state index contributed by atoms with van der Waals surface area (Å²) in [5.41, 5.74) is 0.915. The molecule has 116 valence electrons. The topological polar surface area (TPSA) is 61.4 Å². The Kier molecular flexibility index (Phi) is 5.30. The molecule has 0 radical (unpaired) electrons. The third-order valence-corrected chi connectivity index (χ3v) is 3.03. The number of esters is 1. The number of rotatable bonds is 6. The summed E-state index contributed by atoms with van der Waals surface area (Å²) in [6, 6.07) is 7.46. The lowest BCUT2D eigenvalue weighted by molar-refractivity contribution is -0.687. The van der Waals surface area contributed by atoms with Crippen molar-refractivity contribution < 1.29 is 23.6 Å². The van der Waals surface area contributed by atoms with E-state index in [1.165, 1.54) is 11.5 Å². The number of carbonyl (C=O) groups excluding carboxylic acids is 2. The Bertz CT molecular complexity index is 664. The molecule has 1 aromatic carbocycles. The second-order valence-electron chi connectivity index (χ2n) is 4.71. The normalized spacial score (nSPS) is 10.3. The fourth-order valence-corrected chi connectivity index (χ4v) is 1.99. The highest BCUT2D eigenvalue weighted by Crippen LogP contribution is 2.17.